The van der Waals surface area contributed by atoms with Crippen LogP contribution in [-0.2, 0) is 6.54 Å². The van der Waals surface area contributed by atoms with Gasteiger partial charge in [-0.15, -0.1) is 0 Å². The van der Waals surface area contributed by atoms with E-state index in [1.807, 2.05) is 47.4 Å². The first-order valence-corrected chi connectivity index (χ1v) is 9.58. The molecule has 6 heteroatoms. The van der Waals surface area contributed by atoms with Gasteiger partial charge in [0.05, 0.1) is 17.4 Å². The van der Waals surface area contributed by atoms with Gasteiger partial charge in [0.1, 0.15) is 5.82 Å². The number of hydrogen-bond donors (Lipinski definition) is 2. The molecule has 0 amide bonds. The fourth-order valence-corrected chi connectivity index (χ4v) is 3.11. The molecule has 0 unspecified atom stereocenters. The van der Waals surface area contributed by atoms with Crippen LogP contribution in [0.1, 0.15) is 31.2 Å². The maximum Gasteiger partial charge on any atom is 0.258 e. The van der Waals surface area contributed by atoms with E-state index in [2.05, 4.69) is 29.1 Å². The SMILES string of the molecule is CCCCN(Cc1nc2ccccc2c(=O)[nH]1)C(=S)Nc1ccc(C)cc1. The lowest BCUT2D eigenvalue weighted by molar-refractivity contribution is 0.397. The Morgan fingerprint density at radius 2 is 1.93 bits per heavy atom. The molecule has 3 aromatic rings. The number of hydrogen-bond acceptors (Lipinski definition) is 3. The number of para-hydroxylation sites is 1. The van der Waals surface area contributed by atoms with Crippen molar-refractivity contribution in [2.24, 2.45) is 0 Å². The summed E-state index contributed by atoms with van der Waals surface area (Å²) in [6.07, 6.45) is 2.07. The zero-order valence-corrected chi connectivity index (χ0v) is 16.5. The van der Waals surface area contributed by atoms with E-state index in [1.54, 1.807) is 6.07 Å². The first-order valence-electron chi connectivity index (χ1n) is 9.17. The van der Waals surface area contributed by atoms with Gasteiger partial charge in [-0.25, -0.2) is 4.98 Å². The van der Waals surface area contributed by atoms with Crippen molar-refractivity contribution < 1.29 is 0 Å². The lowest BCUT2D eigenvalue weighted by Gasteiger charge is -2.25. The number of rotatable bonds is 6. The minimum Gasteiger partial charge on any atom is -0.342 e. The number of nitrogens with one attached hydrogen (secondary N) is 2. The molecule has 0 aliphatic heterocycles. The summed E-state index contributed by atoms with van der Waals surface area (Å²) in [6.45, 7) is 5.45. The largest absolute Gasteiger partial charge is 0.342 e. The molecule has 2 aromatic carbocycles. The van der Waals surface area contributed by atoms with Crippen LogP contribution >= 0.6 is 12.2 Å². The number of aromatic amines is 1. The van der Waals surface area contributed by atoms with Crippen LogP contribution in [0, 0.1) is 6.92 Å². The Kier molecular flexibility index (Phi) is 6.19. The Labute approximate surface area is 164 Å². The Morgan fingerprint density at radius 1 is 1.19 bits per heavy atom. The van der Waals surface area contributed by atoms with Gasteiger partial charge < -0.3 is 15.2 Å². The van der Waals surface area contributed by atoms with Gasteiger partial charge in [0, 0.05) is 12.2 Å². The van der Waals surface area contributed by atoms with Crippen molar-refractivity contribution in [2.45, 2.75) is 33.2 Å². The molecule has 0 radical (unpaired) electrons. The number of nitrogens with zero attached hydrogens (tertiary/aromatic N) is 2. The van der Waals surface area contributed by atoms with Gasteiger partial charge in [0.15, 0.2) is 5.11 Å². The molecule has 3 rings (SSSR count). The molecular weight excluding hydrogens is 356 g/mol. The van der Waals surface area contributed by atoms with Crippen LogP contribution in [0.3, 0.4) is 0 Å². The summed E-state index contributed by atoms with van der Waals surface area (Å²) in [6, 6.07) is 15.5. The molecule has 0 atom stereocenters. The average Bonchev–Trinajstić information content (AvgIpc) is 2.67. The molecule has 0 aliphatic rings. The van der Waals surface area contributed by atoms with Gasteiger partial charge in [-0.3, -0.25) is 4.79 Å². The predicted octanol–water partition coefficient (Wildman–Crippen LogP) is 4.23. The van der Waals surface area contributed by atoms with Crippen LogP contribution in [-0.4, -0.2) is 26.5 Å². The summed E-state index contributed by atoms with van der Waals surface area (Å²) in [5, 5.41) is 4.51. The number of unbranched alkanes of at least 4 members (excludes halogenated alkanes) is 1. The van der Waals surface area contributed by atoms with Gasteiger partial charge in [0.25, 0.3) is 5.56 Å². The normalized spacial score (nSPS) is 10.7. The summed E-state index contributed by atoms with van der Waals surface area (Å²) in [5.74, 6) is 0.614. The summed E-state index contributed by atoms with van der Waals surface area (Å²) in [4.78, 5) is 21.9. The topological polar surface area (TPSA) is 61.0 Å². The Balaban J connectivity index is 1.81. The van der Waals surface area contributed by atoms with E-state index in [1.165, 1.54) is 5.56 Å². The number of benzene rings is 2. The highest BCUT2D eigenvalue weighted by Crippen LogP contribution is 2.12. The van der Waals surface area contributed by atoms with E-state index < -0.39 is 0 Å². The molecule has 1 heterocycles. The number of anilines is 1. The number of aromatic nitrogens is 2. The highest BCUT2D eigenvalue weighted by atomic mass is 32.1. The maximum absolute atomic E-state index is 12.3. The summed E-state index contributed by atoms with van der Waals surface area (Å²) in [5.41, 5.74) is 2.73. The van der Waals surface area contributed by atoms with E-state index in [0.717, 1.165) is 25.1 Å². The number of thiocarbonyl (C=S) groups is 1. The standard InChI is InChI=1S/C21H24N4OS/c1-3-4-13-25(21(27)22-16-11-9-15(2)10-12-16)14-19-23-18-8-6-5-7-17(18)20(26)24-19/h5-12H,3-4,13-14H2,1-2H3,(H,22,27)(H,23,24,26). The van der Waals surface area contributed by atoms with Crippen LogP contribution < -0.4 is 10.9 Å². The Bertz CT molecular complexity index is 981. The zero-order valence-electron chi connectivity index (χ0n) is 15.7. The van der Waals surface area contributed by atoms with Crippen molar-refractivity contribution >= 4 is 33.9 Å². The minimum absolute atomic E-state index is 0.122. The lowest BCUT2D eigenvalue weighted by Crippen LogP contribution is -2.36. The molecule has 140 valence electrons. The van der Waals surface area contributed by atoms with Crippen LogP contribution in [0.4, 0.5) is 5.69 Å². The van der Waals surface area contributed by atoms with Gasteiger partial charge in [-0.1, -0.05) is 43.2 Å². The van der Waals surface area contributed by atoms with Crippen molar-refractivity contribution in [3.63, 3.8) is 0 Å². The maximum atomic E-state index is 12.3. The number of H-pyrrole nitrogens is 1. The van der Waals surface area contributed by atoms with Crippen molar-refractivity contribution in [1.29, 1.82) is 0 Å². The third-order valence-electron chi connectivity index (χ3n) is 4.37. The van der Waals surface area contributed by atoms with E-state index in [9.17, 15) is 4.79 Å². The molecule has 1 aromatic heterocycles. The number of aryl methyl sites for hydroxylation is 1. The highest BCUT2D eigenvalue weighted by Gasteiger charge is 2.13. The van der Waals surface area contributed by atoms with Crippen molar-refractivity contribution in [3.8, 4) is 0 Å². The smallest absolute Gasteiger partial charge is 0.258 e. The fourth-order valence-electron chi connectivity index (χ4n) is 2.83. The van der Waals surface area contributed by atoms with E-state index >= 15 is 0 Å². The molecule has 0 saturated heterocycles. The number of fused-ring (bicyclic) bond motifs is 1. The molecule has 0 saturated carbocycles. The van der Waals surface area contributed by atoms with Gasteiger partial charge >= 0.3 is 0 Å². The van der Waals surface area contributed by atoms with E-state index in [4.69, 9.17) is 12.2 Å². The third kappa shape index (κ3) is 4.92. The molecular formula is C21H24N4OS. The molecule has 0 bridgehead atoms. The lowest BCUT2D eigenvalue weighted by atomic mass is 10.2. The van der Waals surface area contributed by atoms with Crippen LogP contribution in [0.15, 0.2) is 53.3 Å². The predicted molar refractivity (Wildman–Crippen MR) is 115 cm³/mol. The van der Waals surface area contributed by atoms with Crippen molar-refractivity contribution in [3.05, 3.63) is 70.3 Å². The second-order valence-corrected chi connectivity index (χ2v) is 6.99. The molecule has 0 aliphatic carbocycles. The fraction of sp³-hybridized carbons (Fsp3) is 0.286. The third-order valence-corrected chi connectivity index (χ3v) is 4.73. The van der Waals surface area contributed by atoms with Gasteiger partial charge in [-0.05, 0) is 49.8 Å². The summed E-state index contributed by atoms with van der Waals surface area (Å²) in [7, 11) is 0. The van der Waals surface area contributed by atoms with Crippen LogP contribution in [0.5, 0.6) is 0 Å². The molecule has 27 heavy (non-hydrogen) atoms. The van der Waals surface area contributed by atoms with Crippen molar-refractivity contribution in [2.75, 3.05) is 11.9 Å². The first kappa shape index (κ1) is 19.0. The van der Waals surface area contributed by atoms with Crippen LogP contribution in [0.2, 0.25) is 0 Å². The van der Waals surface area contributed by atoms with E-state index in [-0.39, 0.29) is 5.56 Å². The van der Waals surface area contributed by atoms with Crippen LogP contribution in [0.25, 0.3) is 10.9 Å². The quantitative estimate of drug-likeness (QED) is 0.627. The molecule has 5 nitrogen and oxygen atoms in total. The van der Waals surface area contributed by atoms with Crippen molar-refractivity contribution in [1.82, 2.24) is 14.9 Å². The minimum atomic E-state index is -0.122. The first-order chi connectivity index (χ1) is 13.1. The van der Waals surface area contributed by atoms with Gasteiger partial charge in [-0.2, -0.15) is 0 Å². The summed E-state index contributed by atoms with van der Waals surface area (Å²) < 4.78 is 0. The average molecular weight is 381 g/mol. The molecule has 0 fully saturated rings. The molecule has 0 spiro atoms. The second-order valence-electron chi connectivity index (χ2n) is 6.60. The second kappa shape index (κ2) is 8.77. The van der Waals surface area contributed by atoms with E-state index in [0.29, 0.717) is 28.4 Å². The Morgan fingerprint density at radius 3 is 2.67 bits per heavy atom. The highest BCUT2D eigenvalue weighted by molar-refractivity contribution is 7.80. The summed E-state index contributed by atoms with van der Waals surface area (Å²) >= 11 is 5.63. The molecule has 2 N–H and O–H groups in total. The van der Waals surface area contributed by atoms with Gasteiger partial charge in [0.2, 0.25) is 0 Å². The monoisotopic (exact) mass is 380 g/mol. The zero-order chi connectivity index (χ0) is 19.2. The Hall–Kier alpha value is -2.73.